The molecule has 0 spiro atoms. The van der Waals surface area contributed by atoms with E-state index in [9.17, 15) is 4.79 Å². The maximum Gasteiger partial charge on any atom is 0.331 e. The van der Waals surface area contributed by atoms with Crippen molar-refractivity contribution in [2.45, 2.75) is 19.5 Å². The number of rotatable bonds is 3. The molecular formula is C20H17ClN4O. The molecule has 5 nitrogen and oxygen atoms in total. The summed E-state index contributed by atoms with van der Waals surface area (Å²) in [6.07, 6.45) is 5.18. The molecule has 1 unspecified atom stereocenters. The highest BCUT2D eigenvalue weighted by atomic mass is 35.5. The van der Waals surface area contributed by atoms with E-state index in [-0.39, 0.29) is 12.1 Å². The van der Waals surface area contributed by atoms with Crippen molar-refractivity contribution in [3.05, 3.63) is 83.3 Å². The van der Waals surface area contributed by atoms with E-state index in [4.69, 9.17) is 11.6 Å². The Balaban J connectivity index is 1.79. The molecule has 1 aliphatic heterocycles. The van der Waals surface area contributed by atoms with Gasteiger partial charge in [0, 0.05) is 29.2 Å². The summed E-state index contributed by atoms with van der Waals surface area (Å²) in [4.78, 5) is 25.3. The van der Waals surface area contributed by atoms with Gasteiger partial charge in [-0.2, -0.15) is 0 Å². The molecule has 0 bridgehead atoms. The summed E-state index contributed by atoms with van der Waals surface area (Å²) in [6.45, 7) is 2.52. The van der Waals surface area contributed by atoms with Crippen LogP contribution in [-0.4, -0.2) is 20.9 Å². The fourth-order valence-corrected chi connectivity index (χ4v) is 3.38. The van der Waals surface area contributed by atoms with Gasteiger partial charge in [0.15, 0.2) is 0 Å². The first-order valence-corrected chi connectivity index (χ1v) is 8.73. The maximum atomic E-state index is 13.4. The van der Waals surface area contributed by atoms with Crippen LogP contribution < -0.4 is 4.90 Å². The first kappa shape index (κ1) is 16.5. The fraction of sp³-hybridized carbons (Fsp3) is 0.150. The summed E-state index contributed by atoms with van der Waals surface area (Å²) in [5, 5.41) is 0.576. The molecule has 0 fully saturated rings. The van der Waals surface area contributed by atoms with Gasteiger partial charge in [-0.25, -0.2) is 14.7 Å². The molecule has 0 saturated heterocycles. The second kappa shape index (κ2) is 6.77. The van der Waals surface area contributed by atoms with Gasteiger partial charge in [-0.3, -0.25) is 4.98 Å². The van der Waals surface area contributed by atoms with Gasteiger partial charge in [0.2, 0.25) is 0 Å². The van der Waals surface area contributed by atoms with Crippen LogP contribution in [0.15, 0.2) is 67.1 Å². The molecule has 26 heavy (non-hydrogen) atoms. The van der Waals surface area contributed by atoms with Gasteiger partial charge in [-0.05, 0) is 48.9 Å². The standard InChI is InChI=1S/C20H17ClN4O/c1-14(15-7-10-22-11-8-15)24-13-16-4-3-9-23-19(16)25(20(24)26)18-6-2-5-17(21)12-18/h2-12,14H,13H2,1H3. The van der Waals surface area contributed by atoms with E-state index < -0.39 is 0 Å². The van der Waals surface area contributed by atoms with E-state index in [1.165, 1.54) is 0 Å². The van der Waals surface area contributed by atoms with E-state index in [2.05, 4.69) is 9.97 Å². The second-order valence-electron chi connectivity index (χ2n) is 6.17. The van der Waals surface area contributed by atoms with Crippen molar-refractivity contribution in [1.29, 1.82) is 0 Å². The molecule has 1 aromatic carbocycles. The van der Waals surface area contributed by atoms with E-state index >= 15 is 0 Å². The monoisotopic (exact) mass is 364 g/mol. The number of nitrogens with zero attached hydrogens (tertiary/aromatic N) is 4. The number of fused-ring (bicyclic) bond motifs is 1. The molecule has 0 radical (unpaired) electrons. The zero-order valence-electron chi connectivity index (χ0n) is 14.2. The normalized spacial score (nSPS) is 14.9. The molecule has 1 atom stereocenters. The van der Waals surface area contributed by atoms with Crippen LogP contribution in [0.5, 0.6) is 0 Å². The Bertz CT molecular complexity index is 947. The van der Waals surface area contributed by atoms with Crippen LogP contribution in [0.3, 0.4) is 0 Å². The van der Waals surface area contributed by atoms with Gasteiger partial charge in [0.1, 0.15) is 5.82 Å². The van der Waals surface area contributed by atoms with E-state index in [1.807, 2.05) is 48.2 Å². The number of urea groups is 1. The number of pyridine rings is 2. The zero-order valence-corrected chi connectivity index (χ0v) is 15.0. The zero-order chi connectivity index (χ0) is 18.1. The Kier molecular flexibility index (Phi) is 4.31. The molecule has 0 aliphatic carbocycles. The number of hydrogen-bond donors (Lipinski definition) is 0. The molecule has 0 N–H and O–H groups in total. The second-order valence-corrected chi connectivity index (χ2v) is 6.60. The summed E-state index contributed by atoms with van der Waals surface area (Å²) in [5.74, 6) is 0.651. The van der Waals surface area contributed by atoms with Gasteiger partial charge < -0.3 is 4.90 Å². The molecule has 2 aromatic heterocycles. The summed E-state index contributed by atoms with van der Waals surface area (Å²) in [5.41, 5.74) is 2.73. The summed E-state index contributed by atoms with van der Waals surface area (Å²) >= 11 is 6.15. The van der Waals surface area contributed by atoms with Crippen LogP contribution in [0, 0.1) is 0 Å². The number of aromatic nitrogens is 2. The lowest BCUT2D eigenvalue weighted by Crippen LogP contribution is -2.46. The third-order valence-electron chi connectivity index (χ3n) is 4.58. The van der Waals surface area contributed by atoms with E-state index in [1.54, 1.807) is 35.6 Å². The van der Waals surface area contributed by atoms with Crippen molar-refractivity contribution >= 4 is 29.1 Å². The SMILES string of the molecule is CC(c1ccncc1)N1Cc2cccnc2N(c2cccc(Cl)c2)C1=O. The van der Waals surface area contributed by atoms with Crippen LogP contribution in [-0.2, 0) is 6.54 Å². The number of carbonyl (C=O) groups is 1. The molecule has 3 heterocycles. The molecule has 3 aromatic rings. The third-order valence-corrected chi connectivity index (χ3v) is 4.81. The number of hydrogen-bond acceptors (Lipinski definition) is 3. The lowest BCUT2D eigenvalue weighted by molar-refractivity contribution is 0.180. The highest BCUT2D eigenvalue weighted by molar-refractivity contribution is 6.31. The fourth-order valence-electron chi connectivity index (χ4n) is 3.20. The highest BCUT2D eigenvalue weighted by Gasteiger charge is 2.35. The van der Waals surface area contributed by atoms with E-state index in [0.29, 0.717) is 23.1 Å². The first-order valence-electron chi connectivity index (χ1n) is 8.35. The van der Waals surface area contributed by atoms with Crippen molar-refractivity contribution in [1.82, 2.24) is 14.9 Å². The quantitative estimate of drug-likeness (QED) is 0.659. The van der Waals surface area contributed by atoms with Crippen LogP contribution >= 0.6 is 11.6 Å². The number of amides is 2. The third kappa shape index (κ3) is 2.91. The molecule has 4 rings (SSSR count). The van der Waals surface area contributed by atoms with Crippen molar-refractivity contribution in [2.75, 3.05) is 4.90 Å². The Hall–Kier alpha value is -2.92. The minimum absolute atomic E-state index is 0.0967. The van der Waals surface area contributed by atoms with Crippen molar-refractivity contribution in [3.8, 4) is 0 Å². The summed E-state index contributed by atoms with van der Waals surface area (Å²) in [6, 6.07) is 14.8. The van der Waals surface area contributed by atoms with Gasteiger partial charge in [-0.15, -0.1) is 0 Å². The Morgan fingerprint density at radius 3 is 2.65 bits per heavy atom. The maximum absolute atomic E-state index is 13.4. The average Bonchev–Trinajstić information content (AvgIpc) is 2.67. The van der Waals surface area contributed by atoms with Crippen LogP contribution in [0.25, 0.3) is 0 Å². The number of benzene rings is 1. The molecule has 2 amide bonds. The minimum atomic E-state index is -0.122. The lowest BCUT2D eigenvalue weighted by atomic mass is 10.1. The lowest BCUT2D eigenvalue weighted by Gasteiger charge is -2.39. The minimum Gasteiger partial charge on any atom is -0.313 e. The molecule has 6 heteroatoms. The Morgan fingerprint density at radius 1 is 1.08 bits per heavy atom. The number of carbonyl (C=O) groups excluding carboxylic acids is 1. The van der Waals surface area contributed by atoms with E-state index in [0.717, 1.165) is 11.1 Å². The highest BCUT2D eigenvalue weighted by Crippen LogP contribution is 2.37. The molecular weight excluding hydrogens is 348 g/mol. The van der Waals surface area contributed by atoms with Crippen LogP contribution in [0.4, 0.5) is 16.3 Å². The van der Waals surface area contributed by atoms with Crippen molar-refractivity contribution in [2.24, 2.45) is 0 Å². The van der Waals surface area contributed by atoms with Crippen LogP contribution in [0.1, 0.15) is 24.1 Å². The van der Waals surface area contributed by atoms with Crippen molar-refractivity contribution in [3.63, 3.8) is 0 Å². The van der Waals surface area contributed by atoms with Gasteiger partial charge in [-0.1, -0.05) is 23.7 Å². The number of halogens is 1. The molecule has 1 aliphatic rings. The molecule has 130 valence electrons. The molecule has 0 saturated carbocycles. The Labute approximate surface area is 156 Å². The topological polar surface area (TPSA) is 49.3 Å². The summed E-state index contributed by atoms with van der Waals surface area (Å²) < 4.78 is 0. The summed E-state index contributed by atoms with van der Waals surface area (Å²) in [7, 11) is 0. The van der Waals surface area contributed by atoms with Crippen molar-refractivity contribution < 1.29 is 4.79 Å². The predicted molar refractivity (Wildman–Crippen MR) is 101 cm³/mol. The smallest absolute Gasteiger partial charge is 0.313 e. The van der Waals surface area contributed by atoms with Gasteiger partial charge in [0.05, 0.1) is 18.3 Å². The van der Waals surface area contributed by atoms with Gasteiger partial charge in [0.25, 0.3) is 0 Å². The average molecular weight is 365 g/mol. The predicted octanol–water partition coefficient (Wildman–Crippen LogP) is 4.96. The largest absolute Gasteiger partial charge is 0.331 e. The Morgan fingerprint density at radius 2 is 1.88 bits per heavy atom. The van der Waals surface area contributed by atoms with Crippen LogP contribution in [0.2, 0.25) is 5.02 Å². The number of anilines is 2. The van der Waals surface area contributed by atoms with Gasteiger partial charge >= 0.3 is 6.03 Å². The first-order chi connectivity index (χ1) is 12.6.